The van der Waals surface area contributed by atoms with Gasteiger partial charge in [-0.15, -0.1) is 0 Å². The Morgan fingerprint density at radius 3 is 2.83 bits per heavy atom. The lowest BCUT2D eigenvalue weighted by molar-refractivity contribution is 0.0934. The summed E-state index contributed by atoms with van der Waals surface area (Å²) in [5.41, 5.74) is 6.84. The Balaban J connectivity index is 2.14. The largest absolute Gasteiger partial charge is 0.493 e. The Morgan fingerprint density at radius 2 is 2.17 bits per heavy atom. The number of carbonyl (C=O) groups is 1. The summed E-state index contributed by atoms with van der Waals surface area (Å²) in [5.74, 6) is 0.514. The van der Waals surface area contributed by atoms with Gasteiger partial charge in [0.1, 0.15) is 5.75 Å². The molecule has 1 fully saturated rings. The van der Waals surface area contributed by atoms with E-state index in [-0.39, 0.29) is 5.91 Å². The van der Waals surface area contributed by atoms with Gasteiger partial charge in [-0.2, -0.15) is 0 Å². The number of ether oxygens (including phenoxy) is 1. The molecule has 4 nitrogen and oxygen atoms in total. The van der Waals surface area contributed by atoms with Gasteiger partial charge in [-0.3, -0.25) is 4.79 Å². The van der Waals surface area contributed by atoms with Crippen LogP contribution in [-0.4, -0.2) is 18.6 Å². The Kier molecular flexibility index (Phi) is 4.07. The van der Waals surface area contributed by atoms with Crippen molar-refractivity contribution in [2.75, 3.05) is 12.3 Å². The van der Waals surface area contributed by atoms with Gasteiger partial charge < -0.3 is 15.8 Å². The first-order valence-corrected chi connectivity index (χ1v) is 6.54. The van der Waals surface area contributed by atoms with Gasteiger partial charge in [-0.05, 0) is 38.0 Å². The van der Waals surface area contributed by atoms with Gasteiger partial charge in [-0.25, -0.2) is 0 Å². The zero-order valence-electron chi connectivity index (χ0n) is 10.7. The fraction of sp³-hybridized carbons (Fsp3) is 0.500. The number of nitrogens with one attached hydrogen (secondary N) is 1. The van der Waals surface area contributed by atoms with Crippen LogP contribution in [0.1, 0.15) is 43.0 Å². The maximum absolute atomic E-state index is 12.2. The molecule has 2 rings (SSSR count). The second-order valence-electron chi connectivity index (χ2n) is 4.64. The van der Waals surface area contributed by atoms with E-state index in [9.17, 15) is 4.79 Å². The van der Waals surface area contributed by atoms with E-state index >= 15 is 0 Å². The molecule has 0 atom stereocenters. The van der Waals surface area contributed by atoms with Crippen LogP contribution in [-0.2, 0) is 0 Å². The molecule has 0 saturated heterocycles. The number of amides is 1. The van der Waals surface area contributed by atoms with Crippen molar-refractivity contribution in [3.05, 3.63) is 23.8 Å². The minimum absolute atomic E-state index is 0.0855. The average molecular weight is 248 g/mol. The first-order valence-electron chi connectivity index (χ1n) is 6.54. The van der Waals surface area contributed by atoms with E-state index in [1.165, 1.54) is 12.8 Å². The van der Waals surface area contributed by atoms with Crippen LogP contribution < -0.4 is 15.8 Å². The molecule has 1 saturated carbocycles. The summed E-state index contributed by atoms with van der Waals surface area (Å²) in [6, 6.07) is 5.48. The molecule has 1 aliphatic rings. The maximum atomic E-state index is 12.2. The standard InChI is InChI=1S/C14H20N2O2/c1-2-18-13-8-7-10(15)9-12(13)14(17)16-11-5-3-4-6-11/h7-9,11H,2-6,15H2,1H3,(H,16,17). The predicted octanol–water partition coefficient (Wildman–Crippen LogP) is 2.34. The Hall–Kier alpha value is -1.71. The van der Waals surface area contributed by atoms with Gasteiger partial charge in [0.2, 0.25) is 0 Å². The Morgan fingerprint density at radius 1 is 1.44 bits per heavy atom. The van der Waals surface area contributed by atoms with E-state index in [2.05, 4.69) is 5.32 Å². The SMILES string of the molecule is CCOc1ccc(N)cc1C(=O)NC1CCCC1. The molecule has 1 aromatic rings. The molecule has 4 heteroatoms. The minimum atomic E-state index is -0.0855. The fourth-order valence-electron chi connectivity index (χ4n) is 2.34. The van der Waals surface area contributed by atoms with Gasteiger partial charge in [0.05, 0.1) is 12.2 Å². The number of rotatable bonds is 4. The summed E-state index contributed by atoms with van der Waals surface area (Å²) in [4.78, 5) is 12.2. The summed E-state index contributed by atoms with van der Waals surface area (Å²) in [6.07, 6.45) is 4.52. The number of hydrogen-bond donors (Lipinski definition) is 2. The molecule has 18 heavy (non-hydrogen) atoms. The highest BCUT2D eigenvalue weighted by molar-refractivity contribution is 5.98. The van der Waals surface area contributed by atoms with Crippen molar-refractivity contribution in [2.24, 2.45) is 0 Å². The van der Waals surface area contributed by atoms with E-state index in [4.69, 9.17) is 10.5 Å². The first kappa shape index (κ1) is 12.7. The fourth-order valence-corrected chi connectivity index (χ4v) is 2.34. The zero-order valence-corrected chi connectivity index (χ0v) is 10.7. The van der Waals surface area contributed by atoms with Crippen LogP contribution in [0, 0.1) is 0 Å². The van der Waals surface area contributed by atoms with Crippen molar-refractivity contribution in [3.8, 4) is 5.75 Å². The van der Waals surface area contributed by atoms with Crippen molar-refractivity contribution in [3.63, 3.8) is 0 Å². The van der Waals surface area contributed by atoms with Crippen molar-refractivity contribution in [1.82, 2.24) is 5.32 Å². The zero-order chi connectivity index (χ0) is 13.0. The monoisotopic (exact) mass is 248 g/mol. The van der Waals surface area contributed by atoms with Gasteiger partial charge >= 0.3 is 0 Å². The van der Waals surface area contributed by atoms with Crippen LogP contribution in [0.15, 0.2) is 18.2 Å². The number of nitrogen functional groups attached to an aromatic ring is 1. The van der Waals surface area contributed by atoms with Crippen LogP contribution in [0.4, 0.5) is 5.69 Å². The average Bonchev–Trinajstić information content (AvgIpc) is 2.84. The number of anilines is 1. The summed E-state index contributed by atoms with van der Waals surface area (Å²) >= 11 is 0. The Labute approximate surface area is 108 Å². The van der Waals surface area contributed by atoms with E-state index in [1.54, 1.807) is 18.2 Å². The molecule has 0 unspecified atom stereocenters. The summed E-state index contributed by atoms with van der Waals surface area (Å²) in [6.45, 7) is 2.43. The number of hydrogen-bond acceptors (Lipinski definition) is 3. The third kappa shape index (κ3) is 2.94. The minimum Gasteiger partial charge on any atom is -0.493 e. The van der Waals surface area contributed by atoms with Gasteiger partial charge in [-0.1, -0.05) is 12.8 Å². The second-order valence-corrected chi connectivity index (χ2v) is 4.64. The molecule has 1 aliphatic carbocycles. The third-order valence-electron chi connectivity index (χ3n) is 3.24. The normalized spacial score (nSPS) is 15.6. The molecule has 1 amide bonds. The second kappa shape index (κ2) is 5.76. The lowest BCUT2D eigenvalue weighted by Crippen LogP contribution is -2.32. The summed E-state index contributed by atoms with van der Waals surface area (Å²) in [5, 5.41) is 3.05. The molecule has 0 aliphatic heterocycles. The number of nitrogens with two attached hydrogens (primary N) is 1. The molecule has 1 aromatic carbocycles. The third-order valence-corrected chi connectivity index (χ3v) is 3.24. The van der Waals surface area contributed by atoms with Crippen LogP contribution >= 0.6 is 0 Å². The highest BCUT2D eigenvalue weighted by atomic mass is 16.5. The van der Waals surface area contributed by atoms with Crippen LogP contribution in [0.3, 0.4) is 0 Å². The van der Waals surface area contributed by atoms with Gasteiger partial charge in [0.25, 0.3) is 5.91 Å². The summed E-state index contributed by atoms with van der Waals surface area (Å²) in [7, 11) is 0. The molecular formula is C14H20N2O2. The van der Waals surface area contributed by atoms with Gasteiger partial charge in [0.15, 0.2) is 0 Å². The van der Waals surface area contributed by atoms with Crippen LogP contribution in [0.25, 0.3) is 0 Å². The highest BCUT2D eigenvalue weighted by Crippen LogP contribution is 2.23. The highest BCUT2D eigenvalue weighted by Gasteiger charge is 2.20. The number of carbonyl (C=O) groups excluding carboxylic acids is 1. The topological polar surface area (TPSA) is 64.3 Å². The molecule has 0 bridgehead atoms. The molecule has 0 aromatic heterocycles. The van der Waals surface area contributed by atoms with Crippen LogP contribution in [0.5, 0.6) is 5.75 Å². The smallest absolute Gasteiger partial charge is 0.255 e. The lowest BCUT2D eigenvalue weighted by Gasteiger charge is -2.15. The molecule has 0 heterocycles. The molecule has 3 N–H and O–H groups in total. The van der Waals surface area contributed by atoms with Crippen LogP contribution in [0.2, 0.25) is 0 Å². The van der Waals surface area contributed by atoms with E-state index in [0.717, 1.165) is 12.8 Å². The summed E-state index contributed by atoms with van der Waals surface area (Å²) < 4.78 is 5.46. The lowest BCUT2D eigenvalue weighted by atomic mass is 10.1. The first-order chi connectivity index (χ1) is 8.70. The van der Waals surface area contributed by atoms with Crippen molar-refractivity contribution in [2.45, 2.75) is 38.6 Å². The van der Waals surface area contributed by atoms with E-state index in [1.807, 2.05) is 6.92 Å². The van der Waals surface area contributed by atoms with E-state index < -0.39 is 0 Å². The maximum Gasteiger partial charge on any atom is 0.255 e. The molecule has 0 radical (unpaired) electrons. The molecule has 0 spiro atoms. The van der Waals surface area contributed by atoms with Crippen molar-refractivity contribution in [1.29, 1.82) is 0 Å². The van der Waals surface area contributed by atoms with Gasteiger partial charge in [0, 0.05) is 11.7 Å². The predicted molar refractivity (Wildman–Crippen MR) is 71.7 cm³/mol. The molecular weight excluding hydrogens is 228 g/mol. The van der Waals surface area contributed by atoms with Crippen molar-refractivity contribution < 1.29 is 9.53 Å². The Bertz CT molecular complexity index is 426. The molecule has 98 valence electrons. The quantitative estimate of drug-likeness (QED) is 0.804. The number of benzene rings is 1. The van der Waals surface area contributed by atoms with Crippen molar-refractivity contribution >= 4 is 11.6 Å². The van der Waals surface area contributed by atoms with E-state index in [0.29, 0.717) is 29.6 Å².